The van der Waals surface area contributed by atoms with Gasteiger partial charge in [0.2, 0.25) is 0 Å². The van der Waals surface area contributed by atoms with E-state index in [9.17, 15) is 0 Å². The number of rotatable bonds is 0. The van der Waals surface area contributed by atoms with Gasteiger partial charge in [-0.1, -0.05) is 24.3 Å². The third-order valence-electron chi connectivity index (χ3n) is 2.04. The van der Waals surface area contributed by atoms with Crippen molar-refractivity contribution in [2.24, 2.45) is 0 Å². The van der Waals surface area contributed by atoms with Crippen LogP contribution in [0.5, 0.6) is 0 Å². The zero-order chi connectivity index (χ0) is 10.1. The number of allylic oxidation sites excluding steroid dienone is 8. The van der Waals surface area contributed by atoms with Gasteiger partial charge in [0, 0.05) is 0 Å². The fourth-order valence-corrected chi connectivity index (χ4v) is 1.62. The summed E-state index contributed by atoms with van der Waals surface area (Å²) in [5.41, 5.74) is 0. The van der Waals surface area contributed by atoms with Crippen molar-refractivity contribution in [1.29, 1.82) is 0 Å². The van der Waals surface area contributed by atoms with Crippen LogP contribution in [0.15, 0.2) is 46.7 Å². The molecule has 78 valence electrons. The average molecular weight is 276 g/mol. The summed E-state index contributed by atoms with van der Waals surface area (Å²) in [6.07, 6.45) is 21.4. The molecule has 14 heavy (non-hydrogen) atoms. The van der Waals surface area contributed by atoms with Gasteiger partial charge in [0.15, 0.2) is 0 Å². The fourth-order valence-electron chi connectivity index (χ4n) is 1.27. The zero-order valence-electron chi connectivity index (χ0n) is 8.41. The third-order valence-corrected chi connectivity index (χ3v) is 2.65. The fraction of sp³-hybridized carbons (Fsp3) is 0.385. The molecular weight excluding hydrogens is 259 g/mol. The summed E-state index contributed by atoms with van der Waals surface area (Å²) in [5, 5.41) is 0. The van der Waals surface area contributed by atoms with Crippen LogP contribution in [-0.2, 0) is 18.3 Å². The van der Waals surface area contributed by atoms with E-state index in [0.717, 1.165) is 6.42 Å². The Morgan fingerprint density at radius 3 is 1.50 bits per heavy atom. The minimum absolute atomic E-state index is 1.12. The van der Waals surface area contributed by atoms with Crippen molar-refractivity contribution in [3.05, 3.63) is 46.7 Å². The van der Waals surface area contributed by atoms with E-state index in [2.05, 4.69) is 60.8 Å². The Morgan fingerprint density at radius 1 is 0.786 bits per heavy atom. The van der Waals surface area contributed by atoms with Gasteiger partial charge in [-0.3, -0.25) is 0 Å². The van der Waals surface area contributed by atoms with Crippen LogP contribution in [0.25, 0.3) is 0 Å². The van der Waals surface area contributed by atoms with Gasteiger partial charge in [-0.15, -0.1) is 0 Å². The van der Waals surface area contributed by atoms with E-state index >= 15 is 0 Å². The van der Waals surface area contributed by atoms with Crippen molar-refractivity contribution < 1.29 is 18.3 Å². The third kappa shape index (κ3) is 6.10. The Balaban J connectivity index is 0.000000146. The maximum absolute atomic E-state index is 2.84. The summed E-state index contributed by atoms with van der Waals surface area (Å²) in [5.74, 6) is 0. The Labute approximate surface area is 97.2 Å². The monoisotopic (exact) mass is 276 g/mol. The first kappa shape index (κ1) is 11.7. The molecule has 0 saturated carbocycles. The van der Waals surface area contributed by atoms with E-state index in [-0.39, 0.29) is 0 Å². The normalized spacial score (nSPS) is 24.0. The van der Waals surface area contributed by atoms with E-state index in [0.29, 0.717) is 0 Å². The van der Waals surface area contributed by atoms with Gasteiger partial charge >= 0.3 is 47.1 Å². The predicted octanol–water partition coefficient (Wildman–Crippen LogP) is 4.05. The first-order valence-electron chi connectivity index (χ1n) is 5.18. The van der Waals surface area contributed by atoms with E-state index < -0.39 is 0 Å². The number of hydrogen-bond acceptors (Lipinski definition) is 0. The molecule has 0 heterocycles. The minimum atomic E-state index is 1.12. The van der Waals surface area contributed by atoms with Gasteiger partial charge in [-0.25, -0.2) is 0 Å². The molecule has 1 heteroatoms. The molecule has 0 aliphatic heterocycles. The molecular formula is C13H17Rh. The molecule has 0 N–H and O–H groups in total. The molecule has 0 aromatic heterocycles. The van der Waals surface area contributed by atoms with Crippen LogP contribution < -0.4 is 0 Å². The van der Waals surface area contributed by atoms with Crippen molar-refractivity contribution in [3.63, 3.8) is 0 Å². The van der Waals surface area contributed by atoms with Gasteiger partial charge < -0.3 is 0 Å². The summed E-state index contributed by atoms with van der Waals surface area (Å²) in [7, 11) is 0. The van der Waals surface area contributed by atoms with E-state index in [4.69, 9.17) is 0 Å². The SMILES string of the molecule is C1=C\CC/C=C\CC/1.[Rh][C]1=CC=CC1. The average Bonchev–Trinajstić information content (AvgIpc) is 2.55. The molecule has 0 bridgehead atoms. The Morgan fingerprint density at radius 2 is 1.29 bits per heavy atom. The van der Waals surface area contributed by atoms with Crippen molar-refractivity contribution >= 4 is 0 Å². The van der Waals surface area contributed by atoms with Crippen molar-refractivity contribution in [1.82, 2.24) is 0 Å². The molecule has 0 spiro atoms. The molecule has 2 aliphatic rings. The summed E-state index contributed by atoms with van der Waals surface area (Å²) in [6.45, 7) is 0. The van der Waals surface area contributed by atoms with Crippen LogP contribution >= 0.6 is 0 Å². The second kappa shape index (κ2) is 7.94. The summed E-state index contributed by atoms with van der Waals surface area (Å²) in [4.78, 5) is 0. The number of hydrogen-bond donors (Lipinski definition) is 0. The van der Waals surface area contributed by atoms with E-state index in [1.54, 1.807) is 0 Å². The van der Waals surface area contributed by atoms with E-state index in [1.807, 2.05) is 0 Å². The molecule has 0 atom stereocenters. The van der Waals surface area contributed by atoms with Crippen LogP contribution in [0.2, 0.25) is 0 Å². The van der Waals surface area contributed by atoms with Crippen LogP contribution in [0.1, 0.15) is 32.1 Å². The van der Waals surface area contributed by atoms with Crippen molar-refractivity contribution in [2.75, 3.05) is 0 Å². The van der Waals surface area contributed by atoms with Gasteiger partial charge in [-0.05, 0) is 25.7 Å². The van der Waals surface area contributed by atoms with E-state index in [1.165, 1.54) is 29.9 Å². The second-order valence-electron chi connectivity index (χ2n) is 3.31. The molecule has 0 nitrogen and oxygen atoms in total. The molecule has 0 aromatic rings. The maximum atomic E-state index is 2.84. The predicted molar refractivity (Wildman–Crippen MR) is 58.6 cm³/mol. The second-order valence-corrected chi connectivity index (χ2v) is 4.37. The van der Waals surface area contributed by atoms with Crippen LogP contribution in [0, 0.1) is 0 Å². The molecule has 0 aromatic carbocycles. The van der Waals surface area contributed by atoms with Crippen LogP contribution in [-0.4, -0.2) is 0 Å². The molecule has 0 saturated heterocycles. The molecule has 2 rings (SSSR count). The Kier molecular flexibility index (Phi) is 6.61. The summed E-state index contributed by atoms with van der Waals surface area (Å²) >= 11 is 2.84. The van der Waals surface area contributed by atoms with Gasteiger partial charge in [-0.2, -0.15) is 0 Å². The summed E-state index contributed by atoms with van der Waals surface area (Å²) in [6, 6.07) is 0. The molecule has 0 amide bonds. The standard InChI is InChI=1S/C8H12.C5H5.Rh/c1-2-4-6-8-7-5-3-1;1-2-4-5-3-1;/h1-2,7-8H,3-6H2;1-3H,4H2;/b2-1-,8-7-;;. The quantitative estimate of drug-likeness (QED) is 0.462. The molecule has 0 radical (unpaired) electrons. The molecule has 0 fully saturated rings. The first-order valence-corrected chi connectivity index (χ1v) is 6.00. The zero-order valence-corrected chi connectivity index (χ0v) is 10.0. The topological polar surface area (TPSA) is 0 Å². The van der Waals surface area contributed by atoms with Crippen molar-refractivity contribution in [3.8, 4) is 0 Å². The van der Waals surface area contributed by atoms with Gasteiger partial charge in [0.25, 0.3) is 0 Å². The molecule has 2 aliphatic carbocycles. The van der Waals surface area contributed by atoms with Gasteiger partial charge in [0.05, 0.1) is 0 Å². The van der Waals surface area contributed by atoms with Crippen LogP contribution in [0.3, 0.4) is 0 Å². The Bertz CT molecular complexity index is 230. The Hall–Kier alpha value is -0.417. The van der Waals surface area contributed by atoms with Crippen molar-refractivity contribution in [2.45, 2.75) is 32.1 Å². The van der Waals surface area contributed by atoms with Crippen LogP contribution in [0.4, 0.5) is 0 Å². The summed E-state index contributed by atoms with van der Waals surface area (Å²) < 4.78 is 1.36. The molecule has 0 unspecified atom stereocenters. The first-order chi connectivity index (χ1) is 6.89. The van der Waals surface area contributed by atoms with Gasteiger partial charge in [0.1, 0.15) is 0 Å².